The van der Waals surface area contributed by atoms with Crippen LogP contribution in [0.4, 0.5) is 0 Å². The molecule has 0 amide bonds. The third kappa shape index (κ3) is 3.60. The van der Waals surface area contributed by atoms with E-state index in [0.717, 1.165) is 5.56 Å². The maximum atomic E-state index is 11.4. The van der Waals surface area contributed by atoms with Crippen LogP contribution in [-0.2, 0) is 4.74 Å². The van der Waals surface area contributed by atoms with Crippen LogP contribution in [0.5, 0.6) is 0 Å². The molecule has 0 bridgehead atoms. The van der Waals surface area contributed by atoms with E-state index in [-0.39, 0.29) is 5.97 Å². The number of esters is 1. The van der Waals surface area contributed by atoms with Crippen LogP contribution in [0, 0.1) is 13.8 Å². The first-order valence-electron chi connectivity index (χ1n) is 6.95. The van der Waals surface area contributed by atoms with Crippen LogP contribution in [0.2, 0.25) is 0 Å². The highest BCUT2D eigenvalue weighted by molar-refractivity contribution is 5.90. The van der Waals surface area contributed by atoms with Crippen molar-refractivity contribution in [1.29, 1.82) is 0 Å². The van der Waals surface area contributed by atoms with Gasteiger partial charge in [0.2, 0.25) is 0 Å². The monoisotopic (exact) mass is 280 g/mol. The molecule has 21 heavy (non-hydrogen) atoms. The second-order valence-electron chi connectivity index (χ2n) is 5.24. The zero-order chi connectivity index (χ0) is 15.4. The minimum Gasteiger partial charge on any atom is -0.465 e. The van der Waals surface area contributed by atoms with Gasteiger partial charge in [-0.05, 0) is 60.7 Å². The first-order chi connectivity index (χ1) is 10.0. The van der Waals surface area contributed by atoms with E-state index in [9.17, 15) is 4.79 Å². The van der Waals surface area contributed by atoms with Crippen molar-refractivity contribution in [3.63, 3.8) is 0 Å². The summed E-state index contributed by atoms with van der Waals surface area (Å²) in [7, 11) is 1.39. The Labute approximate surface area is 126 Å². The summed E-state index contributed by atoms with van der Waals surface area (Å²) >= 11 is 0. The number of carbonyl (C=O) groups is 1. The van der Waals surface area contributed by atoms with Crippen LogP contribution in [0.25, 0.3) is 11.6 Å². The molecule has 0 aliphatic rings. The molecule has 0 aromatic heterocycles. The van der Waals surface area contributed by atoms with E-state index in [4.69, 9.17) is 4.74 Å². The van der Waals surface area contributed by atoms with Crippen LogP contribution in [0.3, 0.4) is 0 Å². The predicted octanol–water partition coefficient (Wildman–Crippen LogP) is 4.65. The third-order valence-electron chi connectivity index (χ3n) is 3.68. The first-order valence-corrected chi connectivity index (χ1v) is 6.95. The van der Waals surface area contributed by atoms with E-state index in [0.29, 0.717) is 5.56 Å². The van der Waals surface area contributed by atoms with Crippen molar-refractivity contribution in [1.82, 2.24) is 0 Å². The molecule has 2 nitrogen and oxygen atoms in total. The molecule has 0 N–H and O–H groups in total. The van der Waals surface area contributed by atoms with E-state index in [1.165, 1.54) is 29.4 Å². The molecule has 2 aromatic carbocycles. The summed E-state index contributed by atoms with van der Waals surface area (Å²) in [6.45, 7) is 6.33. The number of benzene rings is 2. The van der Waals surface area contributed by atoms with Gasteiger partial charge in [-0.15, -0.1) is 0 Å². The van der Waals surface area contributed by atoms with Gasteiger partial charge in [0.25, 0.3) is 0 Å². The molecule has 0 saturated carbocycles. The first kappa shape index (κ1) is 15.0. The number of aryl methyl sites for hydroxylation is 2. The molecule has 0 atom stereocenters. The van der Waals surface area contributed by atoms with Gasteiger partial charge in [-0.1, -0.05) is 36.4 Å². The zero-order valence-electron chi connectivity index (χ0n) is 12.9. The fourth-order valence-corrected chi connectivity index (χ4v) is 2.15. The molecule has 2 aromatic rings. The van der Waals surface area contributed by atoms with Crippen molar-refractivity contribution >= 4 is 17.6 Å². The smallest absolute Gasteiger partial charge is 0.337 e. The summed E-state index contributed by atoms with van der Waals surface area (Å²) in [6, 6.07) is 13.9. The number of hydrogen-bond donors (Lipinski definition) is 0. The lowest BCUT2D eigenvalue weighted by atomic mass is 9.99. The average molecular weight is 280 g/mol. The van der Waals surface area contributed by atoms with Crippen molar-refractivity contribution in [2.45, 2.75) is 20.8 Å². The molecule has 0 heterocycles. The third-order valence-corrected chi connectivity index (χ3v) is 3.68. The number of methoxy groups -OCH3 is 1. The standard InChI is InChI=1S/C19H20O2/c1-13-5-8-18(12-14(13)2)15(3)11-16-6-9-17(10-7-16)19(20)21-4/h5-12H,1-4H3/b15-11+. The van der Waals surface area contributed by atoms with E-state index in [1.807, 2.05) is 12.1 Å². The highest BCUT2D eigenvalue weighted by atomic mass is 16.5. The fourth-order valence-electron chi connectivity index (χ4n) is 2.15. The lowest BCUT2D eigenvalue weighted by molar-refractivity contribution is 0.0601. The summed E-state index contributed by atoms with van der Waals surface area (Å²) in [5, 5.41) is 0. The highest BCUT2D eigenvalue weighted by Gasteiger charge is 2.04. The number of carbonyl (C=O) groups excluding carboxylic acids is 1. The number of ether oxygens (including phenoxy) is 1. The van der Waals surface area contributed by atoms with Gasteiger partial charge >= 0.3 is 5.97 Å². The van der Waals surface area contributed by atoms with Gasteiger partial charge in [-0.25, -0.2) is 4.79 Å². The van der Waals surface area contributed by atoms with Crippen molar-refractivity contribution < 1.29 is 9.53 Å². The quantitative estimate of drug-likeness (QED) is 0.604. The molecule has 0 fully saturated rings. The molecule has 0 saturated heterocycles. The largest absolute Gasteiger partial charge is 0.465 e. The van der Waals surface area contributed by atoms with Gasteiger partial charge in [0.15, 0.2) is 0 Å². The average Bonchev–Trinajstić information content (AvgIpc) is 2.50. The maximum Gasteiger partial charge on any atom is 0.337 e. The van der Waals surface area contributed by atoms with Gasteiger partial charge in [0.1, 0.15) is 0 Å². The molecular weight excluding hydrogens is 260 g/mol. The van der Waals surface area contributed by atoms with E-state index >= 15 is 0 Å². The van der Waals surface area contributed by atoms with E-state index in [2.05, 4.69) is 45.0 Å². The number of hydrogen-bond acceptors (Lipinski definition) is 2. The van der Waals surface area contributed by atoms with Gasteiger partial charge < -0.3 is 4.74 Å². The second-order valence-corrected chi connectivity index (χ2v) is 5.24. The zero-order valence-corrected chi connectivity index (χ0v) is 12.9. The Hall–Kier alpha value is -2.35. The summed E-state index contributed by atoms with van der Waals surface area (Å²) in [6.07, 6.45) is 2.12. The molecule has 0 unspecified atom stereocenters. The minimum atomic E-state index is -0.309. The van der Waals surface area contributed by atoms with Crippen molar-refractivity contribution in [2.75, 3.05) is 7.11 Å². The van der Waals surface area contributed by atoms with Crippen LogP contribution in [-0.4, -0.2) is 13.1 Å². The topological polar surface area (TPSA) is 26.3 Å². The second kappa shape index (κ2) is 6.40. The van der Waals surface area contributed by atoms with Crippen LogP contribution in [0.1, 0.15) is 39.5 Å². The van der Waals surface area contributed by atoms with Crippen molar-refractivity contribution in [3.05, 3.63) is 70.3 Å². The Morgan fingerprint density at radius 3 is 2.14 bits per heavy atom. The summed E-state index contributed by atoms with van der Waals surface area (Å²) in [5.41, 5.74) is 6.64. The van der Waals surface area contributed by atoms with Gasteiger partial charge in [0, 0.05) is 0 Å². The highest BCUT2D eigenvalue weighted by Crippen LogP contribution is 2.20. The van der Waals surface area contributed by atoms with Crippen LogP contribution < -0.4 is 0 Å². The Morgan fingerprint density at radius 1 is 0.952 bits per heavy atom. The molecule has 108 valence electrons. The molecule has 0 spiro atoms. The number of rotatable bonds is 3. The lowest BCUT2D eigenvalue weighted by Crippen LogP contribution is -2.00. The van der Waals surface area contributed by atoms with Gasteiger partial charge in [-0.2, -0.15) is 0 Å². The van der Waals surface area contributed by atoms with Crippen molar-refractivity contribution in [3.8, 4) is 0 Å². The SMILES string of the molecule is COC(=O)c1ccc(/C=C(\C)c2ccc(C)c(C)c2)cc1. The van der Waals surface area contributed by atoms with Gasteiger partial charge in [0.05, 0.1) is 12.7 Å². The lowest BCUT2D eigenvalue weighted by Gasteiger charge is -2.06. The molecule has 0 aliphatic carbocycles. The van der Waals surface area contributed by atoms with Crippen LogP contribution in [0.15, 0.2) is 42.5 Å². The van der Waals surface area contributed by atoms with Gasteiger partial charge in [-0.3, -0.25) is 0 Å². The molecule has 2 rings (SSSR count). The minimum absolute atomic E-state index is 0.309. The number of allylic oxidation sites excluding steroid dienone is 1. The normalized spacial score (nSPS) is 11.3. The van der Waals surface area contributed by atoms with Crippen molar-refractivity contribution in [2.24, 2.45) is 0 Å². The molecule has 0 radical (unpaired) electrons. The Kier molecular flexibility index (Phi) is 4.59. The fraction of sp³-hybridized carbons (Fsp3) is 0.211. The summed E-state index contributed by atoms with van der Waals surface area (Å²) < 4.78 is 4.70. The molecular formula is C19H20O2. The molecule has 0 aliphatic heterocycles. The maximum absolute atomic E-state index is 11.4. The Bertz CT molecular complexity index is 679. The Morgan fingerprint density at radius 2 is 1.57 bits per heavy atom. The van der Waals surface area contributed by atoms with Crippen LogP contribution >= 0.6 is 0 Å². The summed E-state index contributed by atoms with van der Waals surface area (Å²) in [4.78, 5) is 11.4. The molecule has 2 heteroatoms. The van der Waals surface area contributed by atoms with E-state index in [1.54, 1.807) is 12.1 Å². The summed E-state index contributed by atoms with van der Waals surface area (Å²) in [5.74, 6) is -0.309. The Balaban J connectivity index is 2.25. The predicted molar refractivity (Wildman–Crippen MR) is 87.2 cm³/mol. The van der Waals surface area contributed by atoms with E-state index < -0.39 is 0 Å².